The summed E-state index contributed by atoms with van der Waals surface area (Å²) in [6, 6.07) is 0.681. The van der Waals surface area contributed by atoms with Crippen molar-refractivity contribution in [1.82, 2.24) is 14.7 Å². The third-order valence-electron chi connectivity index (χ3n) is 15.5. The number of fused-ring (bicyclic) bond motifs is 8. The molecule has 0 N–H and O–H groups in total. The highest BCUT2D eigenvalue weighted by atomic mass is 33.1. The van der Waals surface area contributed by atoms with Gasteiger partial charge in [0.2, 0.25) is 11.8 Å². The number of aliphatic imine (C=N–C) groups is 2. The maximum absolute atomic E-state index is 14.2. The van der Waals surface area contributed by atoms with Gasteiger partial charge >= 0.3 is 0 Å². The summed E-state index contributed by atoms with van der Waals surface area (Å²) in [6.45, 7) is 6.59. The highest BCUT2D eigenvalue weighted by Crippen LogP contribution is 2.46. The van der Waals surface area contributed by atoms with Crippen LogP contribution in [0, 0.1) is 29.6 Å². The molecular weight excluding hydrogens is 807 g/mol. The van der Waals surface area contributed by atoms with Crippen LogP contribution in [-0.2, 0) is 28.5 Å². The van der Waals surface area contributed by atoms with Crippen LogP contribution in [0.25, 0.3) is 0 Å². The largest absolute Gasteiger partial charge is 0.498 e. The van der Waals surface area contributed by atoms with E-state index in [0.717, 1.165) is 74.5 Å². The molecule has 12 atom stereocenters. The lowest BCUT2D eigenvalue weighted by molar-refractivity contribution is -0.139. The summed E-state index contributed by atoms with van der Waals surface area (Å²) in [6.07, 6.45) is 26.4. The first-order valence-electron chi connectivity index (χ1n) is 23.3. The normalized spacial score (nSPS) is 37.0. The van der Waals surface area contributed by atoms with E-state index in [1.165, 1.54) is 24.8 Å². The number of hydrogen-bond acceptors (Lipinski definition) is 11. The standard InChI is InChI=1S/C48H69N5O6S2/c1-48(2,61-60-6)28-51(3)33-16-29(26-58-44-22-38-36(20-42(44)56-4)46(54)52-34(24-49-38)18-31-11-7-9-13-40(31)52)15-30(17-33)27-59-45-23-39-37(21-43(45)57-5)47(55)53-35(25-50-39)19-32-12-8-10-14-41(32)53/h9,13,17,24-25,29,31-41H,7-8,10-12,14-16,18-23,26-28H2,1-6H3/t29-,31+,32-,33-,34+,35+,36?,37+,38+,39-,40?,41-/m1/s1. The summed E-state index contributed by atoms with van der Waals surface area (Å²) >= 11 is 0. The fourth-order valence-corrected chi connectivity index (χ4v) is 14.9. The number of nitrogens with zero attached hydrogens (tertiary/aromatic N) is 5. The molecule has 2 saturated heterocycles. The molecule has 2 amide bonds. The van der Waals surface area contributed by atoms with E-state index >= 15 is 0 Å². The average molecular weight is 876 g/mol. The Kier molecular flexibility index (Phi) is 13.0. The summed E-state index contributed by atoms with van der Waals surface area (Å²) in [5.74, 6) is 4.66. The lowest BCUT2D eigenvalue weighted by Crippen LogP contribution is -2.47. The summed E-state index contributed by atoms with van der Waals surface area (Å²) in [5, 5.41) is 0. The van der Waals surface area contributed by atoms with Crippen LogP contribution in [0.1, 0.15) is 104 Å². The molecule has 2 unspecified atom stereocenters. The molecule has 0 bridgehead atoms. The van der Waals surface area contributed by atoms with Crippen molar-refractivity contribution in [2.75, 3.05) is 47.3 Å². The maximum Gasteiger partial charge on any atom is 0.229 e. The van der Waals surface area contributed by atoms with Crippen molar-refractivity contribution in [2.24, 2.45) is 39.6 Å². The Bertz CT molecular complexity index is 1860. The Morgan fingerprint density at radius 3 is 2.16 bits per heavy atom. The molecule has 0 aromatic heterocycles. The van der Waals surface area contributed by atoms with Gasteiger partial charge in [0.15, 0.2) is 0 Å². The second kappa shape index (κ2) is 18.3. The van der Waals surface area contributed by atoms with E-state index in [2.05, 4.69) is 72.5 Å². The van der Waals surface area contributed by atoms with Crippen LogP contribution in [0.2, 0.25) is 0 Å². The first kappa shape index (κ1) is 43.4. The van der Waals surface area contributed by atoms with Crippen molar-refractivity contribution in [3.8, 4) is 0 Å². The van der Waals surface area contributed by atoms with E-state index in [1.54, 1.807) is 14.2 Å². The van der Waals surface area contributed by atoms with Crippen molar-refractivity contribution in [3.05, 3.63) is 46.8 Å². The van der Waals surface area contributed by atoms with Crippen LogP contribution in [0.4, 0.5) is 0 Å². The Balaban J connectivity index is 0.888. The first-order chi connectivity index (χ1) is 29.5. The first-order valence-corrected chi connectivity index (χ1v) is 25.9. The van der Waals surface area contributed by atoms with Gasteiger partial charge in [-0.3, -0.25) is 24.5 Å². The molecule has 0 radical (unpaired) electrons. The van der Waals surface area contributed by atoms with Crippen LogP contribution in [0.5, 0.6) is 0 Å². The summed E-state index contributed by atoms with van der Waals surface area (Å²) < 4.78 is 25.6. The number of rotatable bonds is 13. The number of likely N-dealkylation sites (N-methyl/N-ethyl adjacent to an activating group) is 1. The van der Waals surface area contributed by atoms with E-state index in [4.69, 9.17) is 28.9 Å². The number of carbonyl (C=O) groups excluding carboxylic acids is 2. The van der Waals surface area contributed by atoms with Crippen molar-refractivity contribution in [3.63, 3.8) is 0 Å². The van der Waals surface area contributed by atoms with Crippen molar-refractivity contribution in [1.29, 1.82) is 0 Å². The van der Waals surface area contributed by atoms with Gasteiger partial charge in [0.25, 0.3) is 0 Å². The van der Waals surface area contributed by atoms with Crippen LogP contribution >= 0.6 is 21.6 Å². The lowest BCUT2D eigenvalue weighted by atomic mass is 9.83. The second-order valence-corrected chi connectivity index (χ2v) is 23.2. The van der Waals surface area contributed by atoms with Gasteiger partial charge < -0.3 is 28.7 Å². The van der Waals surface area contributed by atoms with Crippen molar-refractivity contribution < 1.29 is 28.5 Å². The molecule has 9 aliphatic rings. The molecule has 9 rings (SSSR count). The average Bonchev–Trinajstić information content (AvgIpc) is 3.75. The zero-order valence-corrected chi connectivity index (χ0v) is 39.0. The van der Waals surface area contributed by atoms with Crippen LogP contribution in [-0.4, -0.2) is 133 Å². The van der Waals surface area contributed by atoms with Gasteiger partial charge in [-0.2, -0.15) is 0 Å². The van der Waals surface area contributed by atoms with E-state index in [1.807, 2.05) is 21.6 Å². The molecular formula is C48H69N5O6S2. The Hall–Kier alpha value is -2.90. The van der Waals surface area contributed by atoms with Crippen LogP contribution in [0.3, 0.4) is 0 Å². The minimum Gasteiger partial charge on any atom is -0.498 e. The quantitative estimate of drug-likeness (QED) is 0.135. The van der Waals surface area contributed by atoms with Gasteiger partial charge in [-0.25, -0.2) is 0 Å². The van der Waals surface area contributed by atoms with Gasteiger partial charge in [0.1, 0.15) is 29.6 Å². The number of carbonyl (C=O) groups is 2. The number of amides is 2. The predicted octanol–water partition coefficient (Wildman–Crippen LogP) is 7.98. The minimum absolute atomic E-state index is 0.0734. The van der Waals surface area contributed by atoms with Crippen molar-refractivity contribution in [2.45, 2.75) is 151 Å². The molecule has 11 nitrogen and oxygen atoms in total. The summed E-state index contributed by atoms with van der Waals surface area (Å²) in [5.41, 5.74) is 1.25. The number of methoxy groups -OCH3 is 2. The Morgan fingerprint density at radius 1 is 0.803 bits per heavy atom. The summed E-state index contributed by atoms with van der Waals surface area (Å²) in [7, 11) is 9.40. The second-order valence-electron chi connectivity index (χ2n) is 20.0. The van der Waals surface area contributed by atoms with Crippen LogP contribution < -0.4 is 0 Å². The maximum atomic E-state index is 14.2. The molecule has 4 aliphatic heterocycles. The molecule has 13 heteroatoms. The topological polar surface area (TPSA) is 106 Å². The molecule has 61 heavy (non-hydrogen) atoms. The molecule has 0 aromatic carbocycles. The third kappa shape index (κ3) is 8.83. The number of allylic oxidation sites excluding steroid dienone is 3. The zero-order valence-electron chi connectivity index (χ0n) is 37.3. The Labute approximate surface area is 372 Å². The predicted molar refractivity (Wildman–Crippen MR) is 244 cm³/mol. The number of hydrogen-bond donors (Lipinski definition) is 0. The fraction of sp³-hybridized carbons (Fsp3) is 0.750. The Morgan fingerprint density at radius 2 is 1.46 bits per heavy atom. The monoisotopic (exact) mass is 875 g/mol. The molecule has 0 aromatic rings. The van der Waals surface area contributed by atoms with E-state index in [-0.39, 0.29) is 70.6 Å². The molecule has 4 heterocycles. The third-order valence-corrected chi connectivity index (χ3v) is 18.1. The molecule has 3 fully saturated rings. The molecule has 334 valence electrons. The number of ether oxygens (including phenoxy) is 4. The molecule has 5 aliphatic carbocycles. The highest BCUT2D eigenvalue weighted by molar-refractivity contribution is 8.77. The van der Waals surface area contributed by atoms with Gasteiger partial charge in [0.05, 0.1) is 62.9 Å². The van der Waals surface area contributed by atoms with E-state index in [0.29, 0.717) is 56.8 Å². The van der Waals surface area contributed by atoms with Crippen LogP contribution in [0.15, 0.2) is 56.8 Å². The fourth-order valence-electron chi connectivity index (χ4n) is 12.7. The van der Waals surface area contributed by atoms with E-state index < -0.39 is 0 Å². The smallest absolute Gasteiger partial charge is 0.229 e. The highest BCUT2D eigenvalue weighted by Gasteiger charge is 2.51. The van der Waals surface area contributed by atoms with Gasteiger partial charge in [-0.05, 0) is 102 Å². The minimum atomic E-state index is -0.232. The van der Waals surface area contributed by atoms with E-state index in [9.17, 15) is 9.59 Å². The summed E-state index contributed by atoms with van der Waals surface area (Å²) in [4.78, 5) is 45.5. The SMILES string of the molecule is COC1=C(OC[C@@H]2CC(COC3=C(OC)C[C@@H]4C(=O)N5[C@H](C=N[C@@H]4C3)C[C@H]3CCCC[C@H]35)=C[C@H](N(C)CC(C)(C)SSC)C2)C[C@@H]2N=C[C@@H]3C[C@@H]4CCC=CC4N3C(=O)C2C1. The van der Waals surface area contributed by atoms with Gasteiger partial charge in [0, 0.05) is 61.5 Å². The van der Waals surface area contributed by atoms with Crippen molar-refractivity contribution >= 4 is 45.8 Å². The van der Waals surface area contributed by atoms with Gasteiger partial charge in [-0.1, -0.05) is 52.7 Å². The molecule has 1 saturated carbocycles. The molecule has 0 spiro atoms. The lowest BCUT2D eigenvalue weighted by Gasteiger charge is -2.38. The van der Waals surface area contributed by atoms with Gasteiger partial charge in [-0.15, -0.1) is 0 Å². The zero-order chi connectivity index (χ0) is 42.4.